The van der Waals surface area contributed by atoms with Crippen LogP contribution in [0.4, 0.5) is 8.78 Å². The summed E-state index contributed by atoms with van der Waals surface area (Å²) < 4.78 is 33.7. The minimum absolute atomic E-state index is 0.0427. The average Bonchev–Trinajstić information content (AvgIpc) is 2.90. The van der Waals surface area contributed by atoms with Gasteiger partial charge in [-0.05, 0) is 105 Å². The normalized spacial score (nSPS) is 19.3. The molecule has 2 aromatic carbocycles. The Morgan fingerprint density at radius 1 is 1.19 bits per heavy atom. The molecular weight excluding hydrogens is 462 g/mol. The van der Waals surface area contributed by atoms with E-state index < -0.39 is 18.1 Å². The van der Waals surface area contributed by atoms with E-state index in [2.05, 4.69) is 9.88 Å². The summed E-state index contributed by atoms with van der Waals surface area (Å²) in [5.41, 5.74) is 2.40. The molecule has 7 heteroatoms. The van der Waals surface area contributed by atoms with Crippen LogP contribution in [0.25, 0.3) is 10.9 Å². The van der Waals surface area contributed by atoms with Crippen molar-refractivity contribution in [3.63, 3.8) is 0 Å². The number of ether oxygens (including phenoxy) is 1. The molecule has 0 aliphatic carbocycles. The molecule has 1 aliphatic rings. The number of methoxy groups -OCH3 is 1. The number of carboxylic acids is 1. The van der Waals surface area contributed by atoms with Crippen LogP contribution in [0.5, 0.6) is 5.75 Å². The molecule has 0 saturated carbocycles. The lowest BCUT2D eigenvalue weighted by atomic mass is 9.81. The number of piperidine rings is 1. The predicted molar refractivity (Wildman–Crippen MR) is 136 cm³/mol. The quantitative estimate of drug-likeness (QED) is 0.319. The van der Waals surface area contributed by atoms with Crippen molar-refractivity contribution in [2.24, 2.45) is 11.8 Å². The summed E-state index contributed by atoms with van der Waals surface area (Å²) in [6.45, 7) is 2.18. The number of aryl methyl sites for hydroxylation is 1. The Hall–Kier alpha value is -3.06. The maximum atomic E-state index is 15.4. The van der Waals surface area contributed by atoms with Crippen molar-refractivity contribution < 1.29 is 23.4 Å². The first-order valence-electron chi connectivity index (χ1n) is 12.7. The van der Waals surface area contributed by atoms with E-state index in [0.29, 0.717) is 29.8 Å². The van der Waals surface area contributed by atoms with Crippen molar-refractivity contribution >= 4 is 16.9 Å². The van der Waals surface area contributed by atoms with Crippen LogP contribution in [-0.4, -0.2) is 47.7 Å². The van der Waals surface area contributed by atoms with E-state index in [0.717, 1.165) is 49.7 Å². The van der Waals surface area contributed by atoms with Gasteiger partial charge in [0.05, 0.1) is 18.5 Å². The molecule has 5 nitrogen and oxygen atoms in total. The number of nitrogens with zero attached hydrogens (tertiary/aromatic N) is 2. The third-order valence-electron chi connectivity index (χ3n) is 7.37. The molecule has 0 spiro atoms. The van der Waals surface area contributed by atoms with Gasteiger partial charge < -0.3 is 14.7 Å². The molecule has 1 unspecified atom stereocenters. The van der Waals surface area contributed by atoms with Crippen molar-refractivity contribution in [3.8, 4) is 5.75 Å². The molecule has 1 N–H and O–H groups in total. The van der Waals surface area contributed by atoms with Gasteiger partial charge in [0, 0.05) is 18.1 Å². The van der Waals surface area contributed by atoms with Gasteiger partial charge in [0.25, 0.3) is 0 Å². The number of carbonyl (C=O) groups is 1. The highest BCUT2D eigenvalue weighted by molar-refractivity contribution is 5.83. The topological polar surface area (TPSA) is 62.7 Å². The third-order valence-corrected chi connectivity index (χ3v) is 7.37. The first kappa shape index (κ1) is 26.0. The number of benzene rings is 2. The van der Waals surface area contributed by atoms with E-state index in [4.69, 9.17) is 4.74 Å². The Bertz CT molecular complexity index is 1150. The average molecular weight is 497 g/mol. The molecule has 4 rings (SSSR count). The fourth-order valence-corrected chi connectivity index (χ4v) is 5.27. The zero-order valence-electron chi connectivity index (χ0n) is 20.7. The van der Waals surface area contributed by atoms with Crippen molar-refractivity contribution in [3.05, 3.63) is 71.7 Å². The van der Waals surface area contributed by atoms with Gasteiger partial charge in [0.15, 0.2) is 0 Å². The Morgan fingerprint density at radius 3 is 2.75 bits per heavy atom. The van der Waals surface area contributed by atoms with E-state index in [-0.39, 0.29) is 18.2 Å². The Kier molecular flexibility index (Phi) is 8.86. The maximum Gasteiger partial charge on any atom is 0.308 e. The lowest BCUT2D eigenvalue weighted by molar-refractivity contribution is -0.146. The molecule has 3 aromatic rings. The summed E-state index contributed by atoms with van der Waals surface area (Å²) in [6, 6.07) is 13.7. The monoisotopic (exact) mass is 496 g/mol. The van der Waals surface area contributed by atoms with Gasteiger partial charge in [-0.1, -0.05) is 12.1 Å². The first-order valence-corrected chi connectivity index (χ1v) is 12.7. The first-order chi connectivity index (χ1) is 17.4. The number of rotatable bonds is 11. The Morgan fingerprint density at radius 2 is 2.00 bits per heavy atom. The van der Waals surface area contributed by atoms with Gasteiger partial charge in [-0.15, -0.1) is 0 Å². The predicted octanol–water partition coefficient (Wildman–Crippen LogP) is 6.22. The number of carboxylic acid groups (broad SMARTS) is 1. The van der Waals surface area contributed by atoms with Crippen LogP contribution in [0.3, 0.4) is 0 Å². The number of halogens is 2. The zero-order chi connectivity index (χ0) is 25.5. The van der Waals surface area contributed by atoms with Gasteiger partial charge in [0.2, 0.25) is 0 Å². The third kappa shape index (κ3) is 6.58. The summed E-state index contributed by atoms with van der Waals surface area (Å²) in [5.74, 6) is -0.906. The number of unbranched alkanes of at least 4 members (excludes halogenated alkanes) is 1. The fourth-order valence-electron chi connectivity index (χ4n) is 5.27. The van der Waals surface area contributed by atoms with Gasteiger partial charge in [-0.3, -0.25) is 9.78 Å². The Balaban J connectivity index is 1.29. The lowest BCUT2D eigenvalue weighted by Crippen LogP contribution is -2.44. The second-order valence-corrected chi connectivity index (χ2v) is 9.71. The van der Waals surface area contributed by atoms with Gasteiger partial charge in [0.1, 0.15) is 17.7 Å². The maximum absolute atomic E-state index is 15.4. The molecule has 1 saturated heterocycles. The molecule has 192 valence electrons. The van der Waals surface area contributed by atoms with Gasteiger partial charge in [-0.25, -0.2) is 8.78 Å². The van der Waals surface area contributed by atoms with Crippen LogP contribution < -0.4 is 4.74 Å². The van der Waals surface area contributed by atoms with Gasteiger partial charge >= 0.3 is 5.97 Å². The second kappa shape index (κ2) is 12.3. The number of likely N-dealkylation sites (tertiary alicyclic amines) is 1. The molecule has 1 fully saturated rings. The van der Waals surface area contributed by atoms with E-state index >= 15 is 4.39 Å². The summed E-state index contributed by atoms with van der Waals surface area (Å²) in [6.07, 6.45) is 4.80. The Labute approximate surface area is 211 Å². The molecule has 2 heterocycles. The lowest BCUT2D eigenvalue weighted by Gasteiger charge is -2.37. The smallest absolute Gasteiger partial charge is 0.308 e. The number of hydrogen-bond acceptors (Lipinski definition) is 4. The van der Waals surface area contributed by atoms with Crippen LogP contribution in [0.2, 0.25) is 0 Å². The zero-order valence-corrected chi connectivity index (χ0v) is 20.7. The highest BCUT2D eigenvalue weighted by Gasteiger charge is 2.34. The minimum atomic E-state index is -1.19. The molecule has 0 amide bonds. The van der Waals surface area contributed by atoms with Crippen molar-refractivity contribution in [1.82, 2.24) is 9.88 Å². The number of aromatic nitrogens is 1. The van der Waals surface area contributed by atoms with E-state index in [9.17, 15) is 14.3 Å². The summed E-state index contributed by atoms with van der Waals surface area (Å²) in [7, 11) is 1.58. The standard InChI is InChI=1S/C29H34F2N2O3/c1-36-23-10-12-28-25(18-23)24(13-15-32-28)27(31)11-7-21-14-17-33(19-26(21)29(34)35)16-3-2-4-20-5-8-22(30)9-6-20/h5-6,8-10,12-13,15,18,21,26-27H,2-4,7,11,14,16-17,19H2,1H3,(H,34,35)/t21-,26+,27?/m1/s1. The van der Waals surface area contributed by atoms with Crippen molar-refractivity contribution in [2.75, 3.05) is 26.7 Å². The van der Waals surface area contributed by atoms with Crippen LogP contribution >= 0.6 is 0 Å². The summed E-state index contributed by atoms with van der Waals surface area (Å²) >= 11 is 0. The number of fused-ring (bicyclic) bond motifs is 1. The second-order valence-electron chi connectivity index (χ2n) is 9.71. The summed E-state index contributed by atoms with van der Waals surface area (Å²) in [4.78, 5) is 18.6. The highest BCUT2D eigenvalue weighted by Crippen LogP contribution is 2.35. The highest BCUT2D eigenvalue weighted by atomic mass is 19.1. The van der Waals surface area contributed by atoms with Crippen LogP contribution in [0.1, 0.15) is 49.4 Å². The molecule has 0 bridgehead atoms. The van der Waals surface area contributed by atoms with E-state index in [1.807, 2.05) is 18.2 Å². The molecule has 1 aliphatic heterocycles. The van der Waals surface area contributed by atoms with Crippen LogP contribution in [0.15, 0.2) is 54.7 Å². The molecule has 1 aromatic heterocycles. The number of hydrogen-bond donors (Lipinski definition) is 1. The molecule has 0 radical (unpaired) electrons. The molecular formula is C29H34F2N2O3. The molecule has 36 heavy (non-hydrogen) atoms. The number of pyridine rings is 1. The van der Waals surface area contributed by atoms with E-state index in [1.165, 1.54) is 12.1 Å². The fraction of sp³-hybridized carbons (Fsp3) is 0.448. The summed E-state index contributed by atoms with van der Waals surface area (Å²) in [5, 5.41) is 10.6. The van der Waals surface area contributed by atoms with Crippen LogP contribution in [0, 0.1) is 17.7 Å². The van der Waals surface area contributed by atoms with Crippen molar-refractivity contribution in [1.29, 1.82) is 0 Å². The SMILES string of the molecule is COc1ccc2nccc(C(F)CC[C@@H]3CCN(CCCCc4ccc(F)cc4)C[C@@H]3C(=O)O)c2c1. The van der Waals surface area contributed by atoms with E-state index in [1.54, 1.807) is 31.5 Å². The minimum Gasteiger partial charge on any atom is -0.497 e. The van der Waals surface area contributed by atoms with Gasteiger partial charge in [-0.2, -0.15) is 0 Å². The van der Waals surface area contributed by atoms with Crippen molar-refractivity contribution in [2.45, 2.75) is 44.7 Å². The number of alkyl halides is 1. The molecule has 3 atom stereocenters. The van der Waals surface area contributed by atoms with Crippen LogP contribution in [-0.2, 0) is 11.2 Å². The largest absolute Gasteiger partial charge is 0.497 e. The number of aliphatic carboxylic acids is 1.